The zero-order chi connectivity index (χ0) is 14.9. The molecule has 0 aromatic heterocycles. The zero-order valence-electron chi connectivity index (χ0n) is 10.7. The van der Waals surface area contributed by atoms with Gasteiger partial charge in [0.2, 0.25) is 12.2 Å². The van der Waals surface area contributed by atoms with Gasteiger partial charge in [0.1, 0.15) is 6.01 Å². The summed E-state index contributed by atoms with van der Waals surface area (Å²) < 4.78 is 0. The highest BCUT2D eigenvalue weighted by molar-refractivity contribution is 5.61. The number of benzene rings is 2. The predicted molar refractivity (Wildman–Crippen MR) is 77.6 cm³/mol. The Bertz CT molecular complexity index is 710. The van der Waals surface area contributed by atoms with Crippen LogP contribution in [0.5, 0.6) is 0 Å². The number of hydrogen-bond donors (Lipinski definition) is 0. The van der Waals surface area contributed by atoms with Crippen LogP contribution < -0.4 is 0 Å². The van der Waals surface area contributed by atoms with Crippen LogP contribution in [0.4, 0.5) is 22.7 Å². The first-order valence-electron chi connectivity index (χ1n) is 5.84. The summed E-state index contributed by atoms with van der Waals surface area (Å²) >= 11 is 0. The second-order valence-corrected chi connectivity index (χ2v) is 3.76. The molecule has 0 saturated heterocycles. The average Bonchev–Trinajstić information content (AvgIpc) is 2.51. The first-order valence-corrected chi connectivity index (χ1v) is 5.84. The highest BCUT2D eigenvalue weighted by Gasteiger charge is 1.91. The van der Waals surface area contributed by atoms with E-state index in [0.717, 1.165) is 0 Å². The van der Waals surface area contributed by atoms with Crippen LogP contribution in [0.15, 0.2) is 68.5 Å². The van der Waals surface area contributed by atoms with E-state index >= 15 is 0 Å². The molecule has 0 radical (unpaired) electrons. The summed E-state index contributed by atoms with van der Waals surface area (Å²) in [6.07, 6.45) is 2.92. The Hall–Kier alpha value is -3.42. The van der Waals surface area contributed by atoms with E-state index in [1.165, 1.54) is 12.2 Å². The van der Waals surface area contributed by atoms with Gasteiger partial charge in [-0.2, -0.15) is 20.0 Å². The lowest BCUT2D eigenvalue weighted by molar-refractivity contribution is 0.564. The summed E-state index contributed by atoms with van der Waals surface area (Å²) in [5.74, 6) is 0. The van der Waals surface area contributed by atoms with Crippen molar-refractivity contribution in [3.63, 3.8) is 0 Å². The Morgan fingerprint density at radius 1 is 0.524 bits per heavy atom. The largest absolute Gasteiger partial charge is 0.240 e. The first-order chi connectivity index (χ1) is 10.3. The second kappa shape index (κ2) is 7.24. The molecule has 6 heteroatoms. The number of hydrogen-bond acceptors (Lipinski definition) is 6. The topological polar surface area (TPSA) is 83.6 Å². The molecular weight excluding hydrogens is 268 g/mol. The van der Waals surface area contributed by atoms with E-state index in [1.54, 1.807) is 48.5 Å². The van der Waals surface area contributed by atoms with Gasteiger partial charge in [0.25, 0.3) is 0 Å². The summed E-state index contributed by atoms with van der Waals surface area (Å²) in [5.41, 5.74) is 2.27. The molecular formula is C15H8N4O2. The minimum atomic E-state index is 0.507. The smallest absolute Gasteiger partial charge is 0.211 e. The zero-order valence-corrected chi connectivity index (χ0v) is 10.7. The molecule has 2 rings (SSSR count). The number of carbonyl (C=O) groups excluding carboxylic acids is 2. The van der Waals surface area contributed by atoms with Crippen molar-refractivity contribution >= 4 is 40.9 Å². The molecule has 0 heterocycles. The normalized spacial score (nSPS) is 8.76. The maximum absolute atomic E-state index is 10.1. The molecule has 0 atom stereocenters. The van der Waals surface area contributed by atoms with E-state index in [-0.39, 0.29) is 0 Å². The van der Waals surface area contributed by atoms with Crippen molar-refractivity contribution in [3.05, 3.63) is 48.5 Å². The summed E-state index contributed by atoms with van der Waals surface area (Å²) in [6, 6.07) is 15.8. The lowest BCUT2D eigenvalue weighted by Gasteiger charge is -1.92. The average molecular weight is 276 g/mol. The summed E-state index contributed by atoms with van der Waals surface area (Å²) in [5, 5.41) is 0. The summed E-state index contributed by atoms with van der Waals surface area (Å²) in [7, 11) is 0. The molecule has 100 valence electrons. The maximum atomic E-state index is 10.1. The van der Waals surface area contributed by atoms with Gasteiger partial charge in [0, 0.05) is 0 Å². The Labute approximate surface area is 119 Å². The van der Waals surface area contributed by atoms with E-state index in [2.05, 4.69) is 26.0 Å². The Kier molecular flexibility index (Phi) is 4.83. The van der Waals surface area contributed by atoms with Crippen molar-refractivity contribution in [1.82, 2.24) is 0 Å². The fraction of sp³-hybridized carbons (Fsp3) is 0. The minimum absolute atomic E-state index is 0.507. The molecule has 2 aromatic rings. The predicted octanol–water partition coefficient (Wildman–Crippen LogP) is 3.76. The quantitative estimate of drug-likeness (QED) is 0.629. The van der Waals surface area contributed by atoms with Crippen molar-refractivity contribution in [2.45, 2.75) is 0 Å². The van der Waals surface area contributed by atoms with Crippen molar-refractivity contribution < 1.29 is 9.59 Å². The third-order valence-electron chi connectivity index (χ3n) is 2.41. The first kappa shape index (κ1) is 14.0. The van der Waals surface area contributed by atoms with Gasteiger partial charge >= 0.3 is 0 Å². The van der Waals surface area contributed by atoms with Crippen LogP contribution in [-0.2, 0) is 9.59 Å². The molecule has 0 aliphatic heterocycles. The third kappa shape index (κ3) is 4.31. The Morgan fingerprint density at radius 3 is 1.10 bits per heavy atom. The fourth-order valence-corrected chi connectivity index (χ4v) is 1.45. The van der Waals surface area contributed by atoms with Gasteiger partial charge in [-0.3, -0.25) is 0 Å². The van der Waals surface area contributed by atoms with Crippen LogP contribution in [0.3, 0.4) is 0 Å². The summed E-state index contributed by atoms with van der Waals surface area (Å²) in [4.78, 5) is 35.1. The molecule has 0 saturated carbocycles. The van der Waals surface area contributed by atoms with Crippen LogP contribution in [0.25, 0.3) is 0 Å². The number of rotatable bonds is 4. The van der Waals surface area contributed by atoms with Gasteiger partial charge in [-0.05, 0) is 48.5 Å². The SMILES string of the molecule is O=C=Nc1ccc(N=C=Nc2ccc(N=C=O)cc2)cc1. The Morgan fingerprint density at radius 2 is 0.810 bits per heavy atom. The van der Waals surface area contributed by atoms with Crippen LogP contribution in [-0.4, -0.2) is 18.2 Å². The highest BCUT2D eigenvalue weighted by atomic mass is 16.1. The van der Waals surface area contributed by atoms with Crippen LogP contribution in [0, 0.1) is 0 Å². The molecule has 0 unspecified atom stereocenters. The van der Waals surface area contributed by atoms with Gasteiger partial charge in [-0.15, -0.1) is 0 Å². The maximum Gasteiger partial charge on any atom is 0.240 e. The fourth-order valence-electron chi connectivity index (χ4n) is 1.45. The lowest BCUT2D eigenvalue weighted by atomic mass is 10.3. The number of isocyanates is 2. The molecule has 0 N–H and O–H groups in total. The highest BCUT2D eigenvalue weighted by Crippen LogP contribution is 2.19. The van der Waals surface area contributed by atoms with Crippen LogP contribution in [0.2, 0.25) is 0 Å². The van der Waals surface area contributed by atoms with Crippen molar-refractivity contribution in [3.8, 4) is 0 Å². The van der Waals surface area contributed by atoms with E-state index in [0.29, 0.717) is 22.7 Å². The lowest BCUT2D eigenvalue weighted by Crippen LogP contribution is -1.67. The molecule has 6 nitrogen and oxygen atoms in total. The number of aliphatic imine (C=N–C) groups is 4. The Balaban J connectivity index is 2.12. The minimum Gasteiger partial charge on any atom is -0.211 e. The van der Waals surface area contributed by atoms with Gasteiger partial charge < -0.3 is 0 Å². The molecule has 0 spiro atoms. The van der Waals surface area contributed by atoms with E-state index in [9.17, 15) is 9.59 Å². The molecule has 0 bridgehead atoms. The second-order valence-electron chi connectivity index (χ2n) is 3.76. The van der Waals surface area contributed by atoms with E-state index in [4.69, 9.17) is 0 Å². The van der Waals surface area contributed by atoms with Gasteiger partial charge in [0.05, 0.1) is 22.7 Å². The van der Waals surface area contributed by atoms with Gasteiger partial charge in [-0.1, -0.05) is 0 Å². The van der Waals surface area contributed by atoms with Gasteiger partial charge in [0.15, 0.2) is 0 Å². The van der Waals surface area contributed by atoms with Gasteiger partial charge in [-0.25, -0.2) is 9.59 Å². The summed E-state index contributed by atoms with van der Waals surface area (Å²) in [6.45, 7) is 0. The van der Waals surface area contributed by atoms with Crippen LogP contribution in [0.1, 0.15) is 0 Å². The standard InChI is InChI=1S/C15H8N4O2/c20-10-18-14-5-1-12(2-6-14)16-9-17-13-3-7-15(8-4-13)19-11-21/h1-8H. The molecule has 0 aliphatic carbocycles. The van der Waals surface area contributed by atoms with E-state index < -0.39 is 0 Å². The molecule has 0 amide bonds. The van der Waals surface area contributed by atoms with Crippen LogP contribution >= 0.6 is 0 Å². The molecule has 21 heavy (non-hydrogen) atoms. The molecule has 2 aromatic carbocycles. The van der Waals surface area contributed by atoms with E-state index in [1.807, 2.05) is 0 Å². The van der Waals surface area contributed by atoms with Crippen molar-refractivity contribution in [2.75, 3.05) is 0 Å². The van der Waals surface area contributed by atoms with Crippen molar-refractivity contribution in [1.29, 1.82) is 0 Å². The molecule has 0 fully saturated rings. The molecule has 0 aliphatic rings. The third-order valence-corrected chi connectivity index (χ3v) is 2.41. The monoisotopic (exact) mass is 276 g/mol. The number of nitrogens with zero attached hydrogens (tertiary/aromatic N) is 4. The van der Waals surface area contributed by atoms with Crippen molar-refractivity contribution in [2.24, 2.45) is 20.0 Å².